The van der Waals surface area contributed by atoms with Gasteiger partial charge in [0.2, 0.25) is 0 Å². The average Bonchev–Trinajstić information content (AvgIpc) is 2.97. The number of hydrogen-bond donors (Lipinski definition) is 0. The molecule has 1 aliphatic rings. The van der Waals surface area contributed by atoms with Crippen LogP contribution in [0.3, 0.4) is 0 Å². The van der Waals surface area contributed by atoms with Crippen LogP contribution in [-0.4, -0.2) is 33.2 Å². The molecule has 1 aliphatic heterocycles. The van der Waals surface area contributed by atoms with E-state index in [1.807, 2.05) is 31.2 Å². The molecule has 0 bridgehead atoms. The minimum Gasteiger partial charge on any atom is -0.497 e. The molecule has 2 aromatic carbocycles. The molecular formula is C23H23NO5. The third-order valence-electron chi connectivity index (χ3n) is 4.79. The summed E-state index contributed by atoms with van der Waals surface area (Å²) < 4.78 is 15.6. The predicted octanol–water partition coefficient (Wildman–Crippen LogP) is 3.89. The fourth-order valence-corrected chi connectivity index (χ4v) is 3.35. The Morgan fingerprint density at radius 3 is 2.38 bits per heavy atom. The number of benzene rings is 2. The van der Waals surface area contributed by atoms with Gasteiger partial charge < -0.3 is 14.2 Å². The first kappa shape index (κ1) is 20.2. The summed E-state index contributed by atoms with van der Waals surface area (Å²) in [5.74, 6) is 0.291. The quantitative estimate of drug-likeness (QED) is 0.570. The van der Waals surface area contributed by atoms with Gasteiger partial charge in [-0.15, -0.1) is 0 Å². The Balaban J connectivity index is 2.16. The highest BCUT2D eigenvalue weighted by molar-refractivity contribution is 6.23. The van der Waals surface area contributed by atoms with Gasteiger partial charge in [0.05, 0.1) is 32.5 Å². The molecule has 0 saturated heterocycles. The minimum atomic E-state index is -0.565. The summed E-state index contributed by atoms with van der Waals surface area (Å²) in [6.07, 6.45) is 1.64. The summed E-state index contributed by atoms with van der Waals surface area (Å²) in [6, 6.07) is 12.8. The van der Waals surface area contributed by atoms with Crippen LogP contribution in [0.5, 0.6) is 11.5 Å². The normalized spacial score (nSPS) is 15.1. The zero-order valence-electron chi connectivity index (χ0n) is 17.1. The highest BCUT2D eigenvalue weighted by Crippen LogP contribution is 2.37. The van der Waals surface area contributed by atoms with Crippen LogP contribution >= 0.6 is 0 Å². The highest BCUT2D eigenvalue weighted by atomic mass is 16.5. The Morgan fingerprint density at radius 2 is 1.76 bits per heavy atom. The summed E-state index contributed by atoms with van der Waals surface area (Å²) in [4.78, 5) is 27.4. The lowest BCUT2D eigenvalue weighted by molar-refractivity contribution is -0.136. The topological polar surface area (TPSA) is 65.1 Å². The minimum absolute atomic E-state index is 0.233. The van der Waals surface area contributed by atoms with Crippen molar-refractivity contribution >= 4 is 23.6 Å². The van der Waals surface area contributed by atoms with Crippen molar-refractivity contribution in [2.45, 2.75) is 13.8 Å². The summed E-state index contributed by atoms with van der Waals surface area (Å²) in [7, 11) is 4.40. The van der Waals surface area contributed by atoms with E-state index in [-0.39, 0.29) is 17.1 Å². The van der Waals surface area contributed by atoms with Gasteiger partial charge in [-0.05, 0) is 49.8 Å². The smallest absolute Gasteiger partial charge is 0.340 e. The Morgan fingerprint density at radius 1 is 1.00 bits per heavy atom. The van der Waals surface area contributed by atoms with Gasteiger partial charge in [0, 0.05) is 23.0 Å². The van der Waals surface area contributed by atoms with Crippen molar-refractivity contribution in [1.82, 2.24) is 0 Å². The van der Waals surface area contributed by atoms with Crippen molar-refractivity contribution in [2.24, 2.45) is 0 Å². The molecule has 1 heterocycles. The number of rotatable bonds is 5. The van der Waals surface area contributed by atoms with Gasteiger partial charge in [-0.3, -0.25) is 9.69 Å². The number of aryl methyl sites for hydroxylation is 1. The van der Waals surface area contributed by atoms with Gasteiger partial charge in [-0.2, -0.15) is 0 Å². The van der Waals surface area contributed by atoms with Gasteiger partial charge in [-0.1, -0.05) is 12.1 Å². The molecule has 0 aromatic heterocycles. The van der Waals surface area contributed by atoms with Crippen LogP contribution in [0.4, 0.5) is 5.69 Å². The van der Waals surface area contributed by atoms with Crippen molar-refractivity contribution in [3.05, 3.63) is 70.4 Å². The molecule has 6 heteroatoms. The maximum absolute atomic E-state index is 13.3. The first-order valence-electron chi connectivity index (χ1n) is 9.05. The monoisotopic (exact) mass is 393 g/mol. The maximum atomic E-state index is 13.3. The molecule has 0 saturated carbocycles. The van der Waals surface area contributed by atoms with E-state index in [9.17, 15) is 9.59 Å². The van der Waals surface area contributed by atoms with Crippen LogP contribution < -0.4 is 14.4 Å². The summed E-state index contributed by atoms with van der Waals surface area (Å²) in [5, 5.41) is 0. The summed E-state index contributed by atoms with van der Waals surface area (Å²) in [6.45, 7) is 3.68. The number of allylic oxidation sites excluding steroid dienone is 1. The molecule has 0 spiro atoms. The fraction of sp³-hybridized carbons (Fsp3) is 0.217. The second kappa shape index (κ2) is 8.22. The molecular weight excluding hydrogens is 370 g/mol. The molecule has 6 nitrogen and oxygen atoms in total. The second-order valence-electron chi connectivity index (χ2n) is 6.60. The van der Waals surface area contributed by atoms with Gasteiger partial charge in [0.1, 0.15) is 11.5 Å². The van der Waals surface area contributed by atoms with Crippen molar-refractivity contribution in [3.63, 3.8) is 0 Å². The third-order valence-corrected chi connectivity index (χ3v) is 4.79. The second-order valence-corrected chi connectivity index (χ2v) is 6.60. The number of anilines is 1. The van der Waals surface area contributed by atoms with Crippen molar-refractivity contribution in [3.8, 4) is 11.5 Å². The summed E-state index contributed by atoms with van der Waals surface area (Å²) in [5.41, 5.74) is 3.36. The Labute approximate surface area is 170 Å². The van der Waals surface area contributed by atoms with Crippen LogP contribution in [0.15, 0.2) is 59.3 Å². The van der Waals surface area contributed by atoms with Crippen LogP contribution in [0.1, 0.15) is 18.1 Å². The van der Waals surface area contributed by atoms with E-state index in [0.717, 1.165) is 5.56 Å². The van der Waals surface area contributed by atoms with Gasteiger partial charge in [0.25, 0.3) is 5.91 Å². The molecule has 0 atom stereocenters. The van der Waals surface area contributed by atoms with E-state index in [2.05, 4.69) is 0 Å². The summed E-state index contributed by atoms with van der Waals surface area (Å²) >= 11 is 0. The largest absolute Gasteiger partial charge is 0.497 e. The molecule has 1 amide bonds. The van der Waals surface area contributed by atoms with Crippen molar-refractivity contribution in [1.29, 1.82) is 0 Å². The maximum Gasteiger partial charge on any atom is 0.340 e. The highest BCUT2D eigenvalue weighted by Gasteiger charge is 2.38. The zero-order valence-corrected chi connectivity index (χ0v) is 17.1. The lowest BCUT2D eigenvalue weighted by atomic mass is 10.0. The zero-order chi connectivity index (χ0) is 21.1. The van der Waals surface area contributed by atoms with E-state index in [1.54, 1.807) is 38.3 Å². The first-order chi connectivity index (χ1) is 13.9. The van der Waals surface area contributed by atoms with E-state index in [4.69, 9.17) is 14.2 Å². The van der Waals surface area contributed by atoms with E-state index in [0.29, 0.717) is 28.4 Å². The van der Waals surface area contributed by atoms with E-state index >= 15 is 0 Å². The van der Waals surface area contributed by atoms with Gasteiger partial charge >= 0.3 is 5.97 Å². The SMILES string of the molecule is COC(=O)C1=C(C)N(c2cccc(C)c2)C(=O)/C1=C\c1ccc(OC)cc1OC. The van der Waals surface area contributed by atoms with Crippen LogP contribution in [0.25, 0.3) is 6.08 Å². The van der Waals surface area contributed by atoms with Gasteiger partial charge in [0.15, 0.2) is 0 Å². The van der Waals surface area contributed by atoms with Crippen LogP contribution in [0, 0.1) is 6.92 Å². The fourth-order valence-electron chi connectivity index (χ4n) is 3.35. The predicted molar refractivity (Wildman–Crippen MR) is 111 cm³/mol. The third kappa shape index (κ3) is 3.74. The Bertz CT molecular complexity index is 1040. The number of hydrogen-bond acceptors (Lipinski definition) is 5. The van der Waals surface area contributed by atoms with Crippen molar-refractivity contribution in [2.75, 3.05) is 26.2 Å². The molecule has 3 rings (SSSR count). The first-order valence-corrected chi connectivity index (χ1v) is 9.05. The average molecular weight is 393 g/mol. The molecule has 150 valence electrons. The van der Waals surface area contributed by atoms with E-state index < -0.39 is 5.97 Å². The standard InChI is InChI=1S/C23H23NO5/c1-14-7-6-8-17(11-14)24-15(2)21(23(26)29-5)19(22(24)25)12-16-9-10-18(27-3)13-20(16)28-4/h6-13H,1-5H3/b19-12-. The van der Waals surface area contributed by atoms with Crippen LogP contribution in [-0.2, 0) is 14.3 Å². The lowest BCUT2D eigenvalue weighted by Crippen LogP contribution is -2.24. The number of esters is 1. The number of ether oxygens (including phenoxy) is 3. The molecule has 29 heavy (non-hydrogen) atoms. The number of amides is 1. The molecule has 0 aliphatic carbocycles. The molecule has 0 radical (unpaired) electrons. The van der Waals surface area contributed by atoms with Crippen molar-refractivity contribution < 1.29 is 23.8 Å². The van der Waals surface area contributed by atoms with Crippen LogP contribution in [0.2, 0.25) is 0 Å². The van der Waals surface area contributed by atoms with Gasteiger partial charge in [-0.25, -0.2) is 4.79 Å². The number of methoxy groups -OCH3 is 3. The number of nitrogens with zero attached hydrogens (tertiary/aromatic N) is 1. The van der Waals surface area contributed by atoms with E-state index in [1.165, 1.54) is 19.1 Å². The Kier molecular flexibility index (Phi) is 5.73. The number of carbonyl (C=O) groups excluding carboxylic acids is 2. The molecule has 2 aromatic rings. The molecule has 0 N–H and O–H groups in total. The lowest BCUT2D eigenvalue weighted by Gasteiger charge is -2.18. The number of carbonyl (C=O) groups is 2. The molecule has 0 fully saturated rings. The Hall–Kier alpha value is -3.54. The molecule has 0 unspecified atom stereocenters.